The van der Waals surface area contributed by atoms with Crippen LogP contribution in [0.25, 0.3) is 11.3 Å². The molecular formula is C15H18N2O3. The lowest BCUT2D eigenvalue weighted by molar-refractivity contribution is 0.0875. The lowest BCUT2D eigenvalue weighted by Gasteiger charge is -2.21. The van der Waals surface area contributed by atoms with Gasteiger partial charge in [0.2, 0.25) is 5.76 Å². The molecule has 0 fully saturated rings. The van der Waals surface area contributed by atoms with Crippen LogP contribution in [-0.4, -0.2) is 29.3 Å². The van der Waals surface area contributed by atoms with E-state index in [0.29, 0.717) is 12.2 Å². The average molecular weight is 274 g/mol. The van der Waals surface area contributed by atoms with Crippen LogP contribution < -0.4 is 5.32 Å². The molecule has 106 valence electrons. The summed E-state index contributed by atoms with van der Waals surface area (Å²) in [5.74, 6) is -0.168. The van der Waals surface area contributed by atoms with E-state index in [0.717, 1.165) is 5.56 Å². The van der Waals surface area contributed by atoms with Crippen LogP contribution >= 0.6 is 0 Å². The van der Waals surface area contributed by atoms with Gasteiger partial charge in [-0.15, -0.1) is 0 Å². The standard InChI is InChI=1S/C15H18N2O3/c1-15(2,10-18)9-16-14(19)13-8-12(17-20-13)11-6-4-3-5-7-11/h3-8,18H,9-10H2,1-2H3,(H,16,19). The van der Waals surface area contributed by atoms with Crippen LogP contribution in [0.1, 0.15) is 24.4 Å². The molecule has 0 bridgehead atoms. The molecule has 5 nitrogen and oxygen atoms in total. The van der Waals surface area contributed by atoms with Crippen molar-refractivity contribution in [2.24, 2.45) is 5.41 Å². The minimum absolute atomic E-state index is 0.00104. The van der Waals surface area contributed by atoms with Crippen LogP contribution in [-0.2, 0) is 0 Å². The van der Waals surface area contributed by atoms with Crippen LogP contribution in [0.5, 0.6) is 0 Å². The molecule has 1 aromatic carbocycles. The van der Waals surface area contributed by atoms with Gasteiger partial charge in [-0.25, -0.2) is 0 Å². The van der Waals surface area contributed by atoms with Gasteiger partial charge in [-0.05, 0) is 0 Å². The van der Waals surface area contributed by atoms with Crippen molar-refractivity contribution in [2.75, 3.05) is 13.2 Å². The first-order chi connectivity index (χ1) is 9.52. The summed E-state index contributed by atoms with van der Waals surface area (Å²) < 4.78 is 5.06. The second-order valence-electron chi connectivity index (χ2n) is 5.45. The van der Waals surface area contributed by atoms with Crippen LogP contribution in [0.15, 0.2) is 40.9 Å². The van der Waals surface area contributed by atoms with Gasteiger partial charge in [0.05, 0.1) is 0 Å². The van der Waals surface area contributed by atoms with Crippen LogP contribution in [0.4, 0.5) is 0 Å². The van der Waals surface area contributed by atoms with Gasteiger partial charge < -0.3 is 14.9 Å². The summed E-state index contributed by atoms with van der Waals surface area (Å²) in [5, 5.41) is 15.8. The number of nitrogens with one attached hydrogen (secondary N) is 1. The minimum atomic E-state index is -0.363. The number of aliphatic hydroxyl groups is 1. The number of hydrogen-bond acceptors (Lipinski definition) is 4. The molecule has 0 aliphatic heterocycles. The lowest BCUT2D eigenvalue weighted by atomic mass is 9.95. The van der Waals surface area contributed by atoms with Crippen molar-refractivity contribution in [3.8, 4) is 11.3 Å². The number of hydrogen-bond donors (Lipinski definition) is 2. The second kappa shape index (κ2) is 5.88. The molecule has 2 rings (SSSR count). The molecule has 5 heteroatoms. The van der Waals surface area contributed by atoms with Gasteiger partial charge in [0.25, 0.3) is 5.91 Å². The van der Waals surface area contributed by atoms with E-state index in [-0.39, 0.29) is 23.7 Å². The molecule has 20 heavy (non-hydrogen) atoms. The molecule has 0 saturated carbocycles. The van der Waals surface area contributed by atoms with E-state index in [4.69, 9.17) is 9.63 Å². The van der Waals surface area contributed by atoms with Crippen molar-refractivity contribution in [3.63, 3.8) is 0 Å². The van der Waals surface area contributed by atoms with E-state index in [1.807, 2.05) is 44.2 Å². The van der Waals surface area contributed by atoms with Gasteiger partial charge in [-0.3, -0.25) is 4.79 Å². The number of benzene rings is 1. The topological polar surface area (TPSA) is 75.4 Å². The Morgan fingerprint density at radius 2 is 2.05 bits per heavy atom. The van der Waals surface area contributed by atoms with E-state index in [1.54, 1.807) is 6.07 Å². The highest BCUT2D eigenvalue weighted by Gasteiger charge is 2.20. The second-order valence-corrected chi connectivity index (χ2v) is 5.45. The number of aromatic nitrogens is 1. The molecule has 0 aliphatic rings. The molecular weight excluding hydrogens is 256 g/mol. The maximum absolute atomic E-state index is 11.9. The van der Waals surface area contributed by atoms with E-state index < -0.39 is 0 Å². The highest BCUT2D eigenvalue weighted by atomic mass is 16.5. The van der Waals surface area contributed by atoms with Crippen molar-refractivity contribution in [1.29, 1.82) is 0 Å². The van der Waals surface area contributed by atoms with Gasteiger partial charge in [-0.1, -0.05) is 49.3 Å². The van der Waals surface area contributed by atoms with Crippen molar-refractivity contribution in [2.45, 2.75) is 13.8 Å². The summed E-state index contributed by atoms with van der Waals surface area (Å²) in [4.78, 5) is 11.9. The molecule has 2 N–H and O–H groups in total. The molecule has 0 saturated heterocycles. The van der Waals surface area contributed by atoms with Crippen molar-refractivity contribution in [1.82, 2.24) is 10.5 Å². The smallest absolute Gasteiger partial charge is 0.289 e. The van der Waals surface area contributed by atoms with E-state index >= 15 is 0 Å². The Balaban J connectivity index is 2.04. The summed E-state index contributed by atoms with van der Waals surface area (Å²) in [5.41, 5.74) is 1.15. The Morgan fingerprint density at radius 1 is 1.35 bits per heavy atom. The van der Waals surface area contributed by atoms with Gasteiger partial charge in [0, 0.05) is 30.2 Å². The summed E-state index contributed by atoms with van der Waals surface area (Å²) in [6, 6.07) is 11.1. The van der Waals surface area contributed by atoms with Crippen molar-refractivity contribution in [3.05, 3.63) is 42.2 Å². The summed E-state index contributed by atoms with van der Waals surface area (Å²) in [6.45, 7) is 4.09. The number of amides is 1. The first-order valence-electron chi connectivity index (χ1n) is 6.43. The zero-order valence-electron chi connectivity index (χ0n) is 11.6. The molecule has 0 radical (unpaired) electrons. The predicted molar refractivity (Wildman–Crippen MR) is 75.1 cm³/mol. The third kappa shape index (κ3) is 3.45. The Kier molecular flexibility index (Phi) is 4.20. The summed E-state index contributed by atoms with van der Waals surface area (Å²) >= 11 is 0. The summed E-state index contributed by atoms with van der Waals surface area (Å²) in [7, 11) is 0. The molecule has 0 aliphatic carbocycles. The summed E-state index contributed by atoms with van der Waals surface area (Å²) in [6.07, 6.45) is 0. The Bertz CT molecular complexity index is 576. The molecule has 1 aromatic heterocycles. The van der Waals surface area contributed by atoms with Crippen LogP contribution in [0.2, 0.25) is 0 Å². The molecule has 0 atom stereocenters. The molecule has 1 heterocycles. The fourth-order valence-electron chi connectivity index (χ4n) is 1.59. The monoisotopic (exact) mass is 274 g/mol. The number of aliphatic hydroxyl groups excluding tert-OH is 1. The predicted octanol–water partition coefficient (Wildman–Crippen LogP) is 2.09. The highest BCUT2D eigenvalue weighted by Crippen LogP contribution is 2.18. The largest absolute Gasteiger partial charge is 0.396 e. The first-order valence-corrected chi connectivity index (χ1v) is 6.43. The normalized spacial score (nSPS) is 11.3. The SMILES string of the molecule is CC(C)(CO)CNC(=O)c1cc(-c2ccccc2)no1. The van der Waals surface area contributed by atoms with Crippen LogP contribution in [0.3, 0.4) is 0 Å². The number of carbonyl (C=O) groups is 1. The van der Waals surface area contributed by atoms with E-state index in [9.17, 15) is 4.79 Å². The zero-order chi connectivity index (χ0) is 14.6. The third-order valence-corrected chi connectivity index (χ3v) is 2.96. The quantitative estimate of drug-likeness (QED) is 0.875. The Labute approximate surface area is 117 Å². The van der Waals surface area contributed by atoms with Gasteiger partial charge in [0.1, 0.15) is 5.69 Å². The molecule has 0 unspecified atom stereocenters. The fourth-order valence-corrected chi connectivity index (χ4v) is 1.59. The highest BCUT2D eigenvalue weighted by molar-refractivity contribution is 5.92. The Hall–Kier alpha value is -2.14. The van der Waals surface area contributed by atoms with E-state index in [2.05, 4.69) is 10.5 Å². The van der Waals surface area contributed by atoms with Gasteiger partial charge >= 0.3 is 0 Å². The average Bonchev–Trinajstić information content (AvgIpc) is 2.96. The van der Waals surface area contributed by atoms with Crippen LogP contribution in [0, 0.1) is 5.41 Å². The van der Waals surface area contributed by atoms with Crippen molar-refractivity contribution >= 4 is 5.91 Å². The molecule has 1 amide bonds. The maximum Gasteiger partial charge on any atom is 0.289 e. The van der Waals surface area contributed by atoms with Crippen molar-refractivity contribution < 1.29 is 14.4 Å². The number of nitrogens with zero attached hydrogens (tertiary/aromatic N) is 1. The third-order valence-electron chi connectivity index (χ3n) is 2.96. The van der Waals surface area contributed by atoms with E-state index in [1.165, 1.54) is 0 Å². The van der Waals surface area contributed by atoms with Gasteiger partial charge in [-0.2, -0.15) is 0 Å². The first kappa shape index (κ1) is 14.3. The lowest BCUT2D eigenvalue weighted by Crippen LogP contribution is -2.35. The number of rotatable bonds is 5. The molecule has 0 spiro atoms. The molecule has 2 aromatic rings. The minimum Gasteiger partial charge on any atom is -0.396 e. The zero-order valence-corrected chi connectivity index (χ0v) is 11.6. The van der Waals surface area contributed by atoms with Gasteiger partial charge in [0.15, 0.2) is 0 Å². The fraction of sp³-hybridized carbons (Fsp3) is 0.333. The maximum atomic E-state index is 11.9. The number of carbonyl (C=O) groups excluding carboxylic acids is 1. The Morgan fingerprint density at radius 3 is 2.70 bits per heavy atom.